The molecule has 12 aromatic rings. The van der Waals surface area contributed by atoms with E-state index in [1.54, 1.807) is 0 Å². The molecule has 3 heterocycles. The third kappa shape index (κ3) is 4.60. The molecule has 3 heteroatoms. The lowest BCUT2D eigenvalue weighted by Gasteiger charge is -2.16. The van der Waals surface area contributed by atoms with Crippen molar-refractivity contribution in [2.24, 2.45) is 0 Å². The molecule has 0 aliphatic rings. The fourth-order valence-corrected chi connectivity index (χ4v) is 9.54. The van der Waals surface area contributed by atoms with Crippen LogP contribution in [0.5, 0.6) is 0 Å². The van der Waals surface area contributed by atoms with Gasteiger partial charge in [-0.2, -0.15) is 0 Å². The van der Waals surface area contributed by atoms with Gasteiger partial charge in [-0.15, -0.1) is 0 Å². The van der Waals surface area contributed by atoms with Crippen molar-refractivity contribution < 1.29 is 0 Å². The number of fused-ring (bicyclic) bond motifs is 10. The van der Waals surface area contributed by atoms with Crippen molar-refractivity contribution in [2.45, 2.75) is 0 Å². The first-order valence-electron chi connectivity index (χ1n) is 19.6. The van der Waals surface area contributed by atoms with Crippen LogP contribution in [0.15, 0.2) is 212 Å². The molecule has 266 valence electrons. The van der Waals surface area contributed by atoms with E-state index in [1.165, 1.54) is 93.4 Å². The summed E-state index contributed by atoms with van der Waals surface area (Å²) in [5.74, 6) is 0. The number of para-hydroxylation sites is 6. The molecule has 3 aromatic heterocycles. The van der Waals surface area contributed by atoms with Gasteiger partial charge >= 0.3 is 0 Å². The van der Waals surface area contributed by atoms with Crippen LogP contribution in [0, 0.1) is 0 Å². The third-order valence-electron chi connectivity index (χ3n) is 11.8. The molecule has 9 aromatic carbocycles. The highest BCUT2D eigenvalue weighted by Gasteiger charge is 2.24. The van der Waals surface area contributed by atoms with Crippen molar-refractivity contribution in [3.63, 3.8) is 0 Å². The van der Waals surface area contributed by atoms with Crippen molar-refractivity contribution in [3.05, 3.63) is 212 Å². The Balaban J connectivity index is 1.19. The molecule has 0 bridgehead atoms. The van der Waals surface area contributed by atoms with Crippen LogP contribution in [0.4, 0.5) is 0 Å². The van der Waals surface area contributed by atoms with E-state index < -0.39 is 0 Å². The van der Waals surface area contributed by atoms with Gasteiger partial charge < -0.3 is 13.7 Å². The van der Waals surface area contributed by atoms with Gasteiger partial charge in [0.05, 0.1) is 44.5 Å². The highest BCUT2D eigenvalue weighted by Crippen LogP contribution is 2.46. The summed E-state index contributed by atoms with van der Waals surface area (Å²) in [6.45, 7) is 0. The molecule has 0 radical (unpaired) electrons. The van der Waals surface area contributed by atoms with Gasteiger partial charge in [0.2, 0.25) is 0 Å². The lowest BCUT2D eigenvalue weighted by Crippen LogP contribution is -1.99. The Bertz CT molecular complexity index is 3510. The van der Waals surface area contributed by atoms with Crippen LogP contribution < -0.4 is 0 Å². The van der Waals surface area contributed by atoms with Crippen molar-refractivity contribution in [1.29, 1.82) is 0 Å². The van der Waals surface area contributed by atoms with E-state index in [1.807, 2.05) is 0 Å². The van der Waals surface area contributed by atoms with Crippen molar-refractivity contribution in [2.75, 3.05) is 0 Å². The summed E-state index contributed by atoms with van der Waals surface area (Å²) in [5, 5.41) is 7.47. The first-order chi connectivity index (χ1) is 28.3. The Morgan fingerprint density at radius 2 is 0.737 bits per heavy atom. The van der Waals surface area contributed by atoms with E-state index in [0.717, 1.165) is 11.4 Å². The lowest BCUT2D eigenvalue weighted by molar-refractivity contribution is 1.17. The summed E-state index contributed by atoms with van der Waals surface area (Å²) in [5.41, 5.74) is 15.5. The molecule has 0 N–H and O–H groups in total. The highest BCUT2D eigenvalue weighted by atomic mass is 15.0. The summed E-state index contributed by atoms with van der Waals surface area (Å²) < 4.78 is 7.41. The minimum Gasteiger partial charge on any atom is -0.309 e. The summed E-state index contributed by atoms with van der Waals surface area (Å²) in [6, 6.07) is 77.3. The van der Waals surface area contributed by atoms with Gasteiger partial charge in [-0.3, -0.25) is 0 Å². The molecule has 57 heavy (non-hydrogen) atoms. The average molecular weight is 726 g/mol. The van der Waals surface area contributed by atoms with E-state index in [4.69, 9.17) is 0 Å². The van der Waals surface area contributed by atoms with Crippen LogP contribution in [0.25, 0.3) is 105 Å². The van der Waals surface area contributed by atoms with E-state index in [2.05, 4.69) is 226 Å². The molecular weight excluding hydrogens is 691 g/mol. The second-order valence-electron chi connectivity index (χ2n) is 14.8. The van der Waals surface area contributed by atoms with Crippen LogP contribution >= 0.6 is 0 Å². The summed E-state index contributed by atoms with van der Waals surface area (Å²) in [4.78, 5) is 0. The van der Waals surface area contributed by atoms with Crippen molar-refractivity contribution >= 4 is 65.4 Å². The molecule has 0 saturated heterocycles. The Morgan fingerprint density at radius 3 is 1.47 bits per heavy atom. The maximum Gasteiger partial charge on any atom is 0.0641 e. The Labute approximate surface area is 329 Å². The highest BCUT2D eigenvalue weighted by molar-refractivity contribution is 6.26. The second-order valence-corrected chi connectivity index (χ2v) is 14.8. The number of benzene rings is 9. The Kier molecular flexibility index (Phi) is 6.93. The minimum absolute atomic E-state index is 1.15. The first-order valence-corrected chi connectivity index (χ1v) is 19.6. The van der Waals surface area contributed by atoms with Gasteiger partial charge in [0.15, 0.2) is 0 Å². The Morgan fingerprint density at radius 1 is 0.246 bits per heavy atom. The summed E-state index contributed by atoms with van der Waals surface area (Å²) in [6.07, 6.45) is 0. The monoisotopic (exact) mass is 725 g/mol. The zero-order chi connectivity index (χ0) is 37.5. The minimum atomic E-state index is 1.15. The molecule has 0 amide bonds. The molecule has 0 unspecified atom stereocenters. The van der Waals surface area contributed by atoms with Gasteiger partial charge in [0.25, 0.3) is 0 Å². The maximum absolute atomic E-state index is 2.51. The molecular formula is C54H35N3. The lowest BCUT2D eigenvalue weighted by atomic mass is 9.97. The smallest absolute Gasteiger partial charge is 0.0641 e. The zero-order valence-corrected chi connectivity index (χ0v) is 31.0. The molecule has 0 atom stereocenters. The maximum atomic E-state index is 2.51. The normalized spacial score (nSPS) is 11.9. The van der Waals surface area contributed by atoms with Gasteiger partial charge in [-0.25, -0.2) is 0 Å². The van der Waals surface area contributed by atoms with Crippen LogP contribution in [0.3, 0.4) is 0 Å². The topological polar surface area (TPSA) is 14.8 Å². The predicted octanol–water partition coefficient (Wildman–Crippen LogP) is 14.3. The zero-order valence-electron chi connectivity index (χ0n) is 31.0. The molecule has 0 aliphatic carbocycles. The third-order valence-corrected chi connectivity index (χ3v) is 11.8. The van der Waals surface area contributed by atoms with Gasteiger partial charge in [-0.05, 0) is 65.7 Å². The first kappa shape index (κ1) is 31.7. The average Bonchev–Trinajstić information content (AvgIpc) is 3.93. The predicted molar refractivity (Wildman–Crippen MR) is 240 cm³/mol. The van der Waals surface area contributed by atoms with E-state index >= 15 is 0 Å². The molecule has 12 rings (SSSR count). The number of rotatable bonds is 5. The molecule has 0 fully saturated rings. The number of aromatic nitrogens is 3. The summed E-state index contributed by atoms with van der Waals surface area (Å²) in [7, 11) is 0. The number of hydrogen-bond acceptors (Lipinski definition) is 0. The van der Waals surface area contributed by atoms with Crippen LogP contribution in [0.2, 0.25) is 0 Å². The van der Waals surface area contributed by atoms with E-state index in [0.29, 0.717) is 0 Å². The molecule has 3 nitrogen and oxygen atoms in total. The van der Waals surface area contributed by atoms with Crippen molar-refractivity contribution in [1.82, 2.24) is 13.7 Å². The molecule has 0 spiro atoms. The molecule has 0 saturated carbocycles. The largest absolute Gasteiger partial charge is 0.309 e. The fraction of sp³-hybridized carbons (Fsp3) is 0. The van der Waals surface area contributed by atoms with E-state index in [-0.39, 0.29) is 0 Å². The van der Waals surface area contributed by atoms with Crippen LogP contribution in [-0.2, 0) is 0 Å². The quantitative estimate of drug-likeness (QED) is 0.168. The fourth-order valence-electron chi connectivity index (χ4n) is 9.54. The summed E-state index contributed by atoms with van der Waals surface area (Å²) >= 11 is 0. The van der Waals surface area contributed by atoms with Gasteiger partial charge in [0, 0.05) is 49.1 Å². The Hall–Kier alpha value is -7.62. The molecule has 0 aliphatic heterocycles. The van der Waals surface area contributed by atoms with Crippen molar-refractivity contribution in [3.8, 4) is 39.3 Å². The number of hydrogen-bond donors (Lipinski definition) is 0. The SMILES string of the molecule is c1ccc(-c2ccccc2-n2c3ccccc3c3ccc4c(c5ccccc5n4-c4ccccc4-c4cccc5c4c4ccccc4n5-c4ccccc4)c32)cc1. The second kappa shape index (κ2) is 12.5. The van der Waals surface area contributed by atoms with Crippen LogP contribution in [-0.4, -0.2) is 13.7 Å². The van der Waals surface area contributed by atoms with Gasteiger partial charge in [0.1, 0.15) is 0 Å². The van der Waals surface area contributed by atoms with E-state index in [9.17, 15) is 0 Å². The van der Waals surface area contributed by atoms with Gasteiger partial charge in [-0.1, -0.05) is 158 Å². The number of nitrogens with zero attached hydrogens (tertiary/aromatic N) is 3. The van der Waals surface area contributed by atoms with Crippen LogP contribution in [0.1, 0.15) is 0 Å². The standard InChI is InChI=1S/C54H35N3/c1-3-18-36(19-4-1)38-22-7-12-28-45(38)57-47-30-14-9-24-40(47)42-34-35-51-53(54(42)57)44-26-11-16-32-49(44)56(51)46-29-13-8-23-39(46)41-27-17-33-50-52(41)43-25-10-15-31-48(43)55(50)37-20-5-2-6-21-37/h1-35H.